The molecule has 3 N–H and O–H groups in total. The van der Waals surface area contributed by atoms with Crippen LogP contribution in [0.4, 0.5) is 17.1 Å². The van der Waals surface area contributed by atoms with Gasteiger partial charge in [-0.25, -0.2) is 0 Å². The van der Waals surface area contributed by atoms with Crippen molar-refractivity contribution in [2.75, 3.05) is 17.3 Å². The molecule has 0 aliphatic carbocycles. The van der Waals surface area contributed by atoms with E-state index in [2.05, 4.69) is 5.32 Å². The zero-order valence-electron chi connectivity index (χ0n) is 16.4. The van der Waals surface area contributed by atoms with Crippen molar-refractivity contribution in [3.8, 4) is 5.75 Å². The van der Waals surface area contributed by atoms with Gasteiger partial charge in [0, 0.05) is 5.69 Å². The number of hydrogen-bond acceptors (Lipinski definition) is 3. The maximum absolute atomic E-state index is 11.6. The fraction of sp³-hybridized carbons (Fsp3) is 0.130. The summed E-state index contributed by atoms with van der Waals surface area (Å²) >= 11 is 5.79. The van der Waals surface area contributed by atoms with Crippen LogP contribution in [-0.4, -0.2) is 18.1 Å². The van der Waals surface area contributed by atoms with Crippen molar-refractivity contribution in [3.63, 3.8) is 0 Å². The number of carbonyl (C=O) groups excluding carboxylic acids is 1. The first-order valence-corrected chi connectivity index (χ1v) is 9.57. The van der Waals surface area contributed by atoms with Gasteiger partial charge in [-0.05, 0) is 60.6 Å². The Morgan fingerprint density at radius 2 is 1.79 bits per heavy atom. The van der Waals surface area contributed by atoms with Crippen LogP contribution >= 0.6 is 12.2 Å². The van der Waals surface area contributed by atoms with E-state index in [-0.39, 0.29) is 6.42 Å². The quantitative estimate of drug-likeness (QED) is 0.588. The number of aryl methyl sites for hydroxylation is 1. The Hall–Kier alpha value is -3.38. The van der Waals surface area contributed by atoms with E-state index in [0.29, 0.717) is 10.9 Å². The molecule has 148 valence electrons. The van der Waals surface area contributed by atoms with Crippen molar-refractivity contribution in [1.82, 2.24) is 0 Å². The molecule has 1 amide bonds. The van der Waals surface area contributed by atoms with E-state index in [9.17, 15) is 4.79 Å². The average Bonchev–Trinajstić information content (AvgIpc) is 2.69. The van der Waals surface area contributed by atoms with Gasteiger partial charge in [-0.3, -0.25) is 9.69 Å². The minimum Gasteiger partial charge on any atom is -0.495 e. The molecule has 0 bridgehead atoms. The van der Waals surface area contributed by atoms with Crippen molar-refractivity contribution in [3.05, 3.63) is 83.9 Å². The Morgan fingerprint density at radius 3 is 2.52 bits per heavy atom. The first-order chi connectivity index (χ1) is 14.0. The maximum atomic E-state index is 11.6. The number of nitrogens with two attached hydrogens (primary N) is 1. The summed E-state index contributed by atoms with van der Waals surface area (Å²) < 4.78 is 5.43. The van der Waals surface area contributed by atoms with Crippen LogP contribution in [0.3, 0.4) is 0 Å². The number of primary amides is 1. The van der Waals surface area contributed by atoms with Gasteiger partial charge < -0.3 is 15.8 Å². The zero-order chi connectivity index (χ0) is 20.8. The molecule has 0 radical (unpaired) electrons. The van der Waals surface area contributed by atoms with Crippen LogP contribution in [0.1, 0.15) is 11.1 Å². The monoisotopic (exact) mass is 405 g/mol. The van der Waals surface area contributed by atoms with Gasteiger partial charge in [0.15, 0.2) is 5.11 Å². The second-order valence-electron chi connectivity index (χ2n) is 6.58. The highest BCUT2D eigenvalue weighted by Gasteiger charge is 2.20. The molecule has 3 aromatic rings. The molecule has 6 heteroatoms. The second-order valence-corrected chi connectivity index (χ2v) is 6.96. The lowest BCUT2D eigenvalue weighted by Gasteiger charge is -2.28. The van der Waals surface area contributed by atoms with Crippen molar-refractivity contribution >= 4 is 40.3 Å². The van der Waals surface area contributed by atoms with Gasteiger partial charge in [0.2, 0.25) is 5.91 Å². The molecule has 0 atom stereocenters. The summed E-state index contributed by atoms with van der Waals surface area (Å²) in [6.07, 6.45) is 0.121. The minimum absolute atomic E-state index is 0.121. The van der Waals surface area contributed by atoms with Crippen molar-refractivity contribution in [2.24, 2.45) is 5.73 Å². The number of rotatable bonds is 6. The normalized spacial score (nSPS) is 10.3. The number of anilines is 3. The molecule has 0 spiro atoms. The number of nitrogens with zero attached hydrogens (tertiary/aromatic N) is 1. The van der Waals surface area contributed by atoms with Gasteiger partial charge in [-0.1, -0.05) is 42.5 Å². The number of methoxy groups -OCH3 is 1. The van der Waals surface area contributed by atoms with E-state index >= 15 is 0 Å². The molecular formula is C23H23N3O2S. The Balaban J connectivity index is 2.07. The van der Waals surface area contributed by atoms with Crippen LogP contribution in [-0.2, 0) is 11.2 Å². The van der Waals surface area contributed by atoms with Gasteiger partial charge in [0.25, 0.3) is 0 Å². The lowest BCUT2D eigenvalue weighted by Crippen LogP contribution is -2.32. The van der Waals surface area contributed by atoms with Gasteiger partial charge in [-0.15, -0.1) is 0 Å². The Morgan fingerprint density at radius 1 is 1.07 bits per heavy atom. The molecule has 0 saturated carbocycles. The number of hydrogen-bond donors (Lipinski definition) is 2. The van der Waals surface area contributed by atoms with Crippen LogP contribution in [0, 0.1) is 6.92 Å². The lowest BCUT2D eigenvalue weighted by atomic mass is 10.1. The molecule has 0 unspecified atom stereocenters. The number of amides is 1. The van der Waals surface area contributed by atoms with Crippen molar-refractivity contribution in [1.29, 1.82) is 0 Å². The molecule has 5 nitrogen and oxygen atoms in total. The van der Waals surface area contributed by atoms with E-state index in [0.717, 1.165) is 28.2 Å². The molecule has 0 aliphatic heterocycles. The SMILES string of the molecule is COc1ccccc1NC(=S)N(c1cccc(C)c1)c1ccccc1CC(N)=O. The summed E-state index contributed by atoms with van der Waals surface area (Å²) in [7, 11) is 1.62. The summed E-state index contributed by atoms with van der Waals surface area (Å²) in [6, 6.07) is 23.2. The highest BCUT2D eigenvalue weighted by Crippen LogP contribution is 2.32. The summed E-state index contributed by atoms with van der Waals surface area (Å²) in [4.78, 5) is 13.5. The number of ether oxygens (including phenoxy) is 1. The molecule has 0 saturated heterocycles. The highest BCUT2D eigenvalue weighted by molar-refractivity contribution is 7.80. The third-order valence-electron chi connectivity index (χ3n) is 4.41. The summed E-state index contributed by atoms with van der Waals surface area (Å²) in [5.41, 5.74) is 9.80. The van der Waals surface area contributed by atoms with Crippen LogP contribution in [0.25, 0.3) is 0 Å². The number of benzene rings is 3. The van der Waals surface area contributed by atoms with Crippen molar-refractivity contribution in [2.45, 2.75) is 13.3 Å². The predicted molar refractivity (Wildman–Crippen MR) is 122 cm³/mol. The van der Waals surface area contributed by atoms with Crippen LogP contribution in [0.15, 0.2) is 72.8 Å². The molecule has 3 aromatic carbocycles. The van der Waals surface area contributed by atoms with Crippen molar-refractivity contribution < 1.29 is 9.53 Å². The third-order valence-corrected chi connectivity index (χ3v) is 4.69. The minimum atomic E-state index is -0.398. The lowest BCUT2D eigenvalue weighted by molar-refractivity contribution is -0.117. The van der Waals surface area contributed by atoms with E-state index in [1.807, 2.05) is 84.6 Å². The predicted octanol–water partition coefficient (Wildman–Crippen LogP) is 4.57. The Kier molecular flexibility index (Phi) is 6.46. The Bertz CT molecular complexity index is 1040. The van der Waals surface area contributed by atoms with Crippen LogP contribution in [0.5, 0.6) is 5.75 Å². The highest BCUT2D eigenvalue weighted by atomic mass is 32.1. The number of thiocarbonyl (C=S) groups is 1. The molecule has 0 heterocycles. The maximum Gasteiger partial charge on any atom is 0.221 e. The van der Waals surface area contributed by atoms with E-state index in [4.69, 9.17) is 22.7 Å². The first-order valence-electron chi connectivity index (χ1n) is 9.16. The first kappa shape index (κ1) is 20.4. The topological polar surface area (TPSA) is 67.6 Å². The van der Waals surface area contributed by atoms with E-state index in [1.165, 1.54) is 0 Å². The largest absolute Gasteiger partial charge is 0.495 e. The van der Waals surface area contributed by atoms with Gasteiger partial charge in [0.05, 0.1) is 24.9 Å². The van der Waals surface area contributed by atoms with Gasteiger partial charge in [-0.2, -0.15) is 0 Å². The summed E-state index contributed by atoms with van der Waals surface area (Å²) in [5, 5.41) is 3.73. The average molecular weight is 406 g/mol. The number of para-hydroxylation sites is 3. The van der Waals surface area contributed by atoms with Gasteiger partial charge >= 0.3 is 0 Å². The third kappa shape index (κ3) is 4.92. The zero-order valence-corrected chi connectivity index (χ0v) is 17.2. The van der Waals surface area contributed by atoms with E-state index in [1.54, 1.807) is 7.11 Å². The van der Waals surface area contributed by atoms with Crippen LogP contribution < -0.4 is 20.7 Å². The number of nitrogens with one attached hydrogen (secondary N) is 1. The summed E-state index contributed by atoms with van der Waals surface area (Å²) in [6.45, 7) is 2.02. The summed E-state index contributed by atoms with van der Waals surface area (Å²) in [5.74, 6) is 0.287. The molecule has 0 aliphatic rings. The van der Waals surface area contributed by atoms with Gasteiger partial charge in [0.1, 0.15) is 5.75 Å². The van der Waals surface area contributed by atoms with E-state index < -0.39 is 5.91 Å². The smallest absolute Gasteiger partial charge is 0.221 e. The molecule has 29 heavy (non-hydrogen) atoms. The fourth-order valence-electron chi connectivity index (χ4n) is 3.12. The standard InChI is InChI=1S/C23H23N3O2S/c1-16-8-7-10-18(14-16)26(20-12-5-3-9-17(20)15-22(24)27)23(29)25-19-11-4-6-13-21(19)28-2/h3-14H,15H2,1-2H3,(H2,24,27)(H,25,29). The Labute approximate surface area is 176 Å². The fourth-order valence-corrected chi connectivity index (χ4v) is 3.43. The molecular weight excluding hydrogens is 382 g/mol. The molecule has 0 aromatic heterocycles. The molecule has 3 rings (SSSR count). The molecule has 0 fully saturated rings. The van der Waals surface area contributed by atoms with Crippen LogP contribution in [0.2, 0.25) is 0 Å². The number of carbonyl (C=O) groups is 1. The second kappa shape index (κ2) is 9.21.